The number of ketones is 1. The predicted octanol–water partition coefficient (Wildman–Crippen LogP) is 4.28. The van der Waals surface area contributed by atoms with Crippen molar-refractivity contribution >= 4 is 34.5 Å². The van der Waals surface area contributed by atoms with E-state index in [2.05, 4.69) is 0 Å². The summed E-state index contributed by atoms with van der Waals surface area (Å²) in [5.74, 6) is -1.54. The summed E-state index contributed by atoms with van der Waals surface area (Å²) in [5, 5.41) is 12.9. The molecule has 2 aromatic carbocycles. The number of ether oxygens (including phenoxy) is 2. The molecule has 3 heterocycles. The van der Waals surface area contributed by atoms with E-state index in [0.717, 1.165) is 0 Å². The van der Waals surface area contributed by atoms with Crippen molar-refractivity contribution in [2.75, 3.05) is 18.1 Å². The van der Waals surface area contributed by atoms with E-state index in [1.165, 1.54) is 34.4 Å². The van der Waals surface area contributed by atoms with E-state index in [-0.39, 0.29) is 17.0 Å². The zero-order valence-electron chi connectivity index (χ0n) is 16.1. The Hall–Kier alpha value is -3.65. The van der Waals surface area contributed by atoms with Gasteiger partial charge in [-0.3, -0.25) is 14.5 Å². The molecule has 1 aromatic heterocycles. The minimum absolute atomic E-state index is 0.0617. The largest absolute Gasteiger partial charge is 0.507 e. The van der Waals surface area contributed by atoms with Crippen LogP contribution in [0.4, 0.5) is 10.1 Å². The number of Topliss-reactive ketones (excluding diaryl/α,β-unsaturated/α-hetero) is 1. The highest BCUT2D eigenvalue weighted by Gasteiger charge is 2.47. The lowest BCUT2D eigenvalue weighted by molar-refractivity contribution is -0.132. The number of amides is 1. The van der Waals surface area contributed by atoms with E-state index in [1.807, 2.05) is 5.38 Å². The molecule has 156 valence electrons. The molecule has 5 rings (SSSR count). The number of carbonyl (C=O) groups excluding carboxylic acids is 2. The first-order valence-corrected chi connectivity index (χ1v) is 10.4. The Morgan fingerprint density at radius 2 is 1.84 bits per heavy atom. The Bertz CT molecular complexity index is 1220. The summed E-state index contributed by atoms with van der Waals surface area (Å²) in [6, 6.07) is 13.0. The van der Waals surface area contributed by atoms with Crippen LogP contribution in [0.2, 0.25) is 0 Å². The van der Waals surface area contributed by atoms with E-state index >= 15 is 0 Å². The zero-order valence-corrected chi connectivity index (χ0v) is 16.9. The molecule has 2 aliphatic heterocycles. The smallest absolute Gasteiger partial charge is 0.300 e. The Morgan fingerprint density at radius 3 is 2.58 bits per heavy atom. The third-order valence-corrected chi connectivity index (χ3v) is 6.08. The van der Waals surface area contributed by atoms with E-state index < -0.39 is 23.5 Å². The second kappa shape index (κ2) is 7.55. The van der Waals surface area contributed by atoms with Crippen LogP contribution in [-0.2, 0) is 9.59 Å². The Balaban J connectivity index is 1.68. The van der Waals surface area contributed by atoms with Crippen molar-refractivity contribution in [3.63, 3.8) is 0 Å². The average molecular weight is 437 g/mol. The van der Waals surface area contributed by atoms with Gasteiger partial charge in [-0.2, -0.15) is 0 Å². The molecule has 1 amide bonds. The molecule has 1 unspecified atom stereocenters. The molecule has 0 bridgehead atoms. The number of thiophene rings is 1. The number of nitrogens with zero attached hydrogens (tertiary/aromatic N) is 1. The topological polar surface area (TPSA) is 76.1 Å². The molecule has 1 atom stereocenters. The van der Waals surface area contributed by atoms with Crippen molar-refractivity contribution in [1.82, 2.24) is 0 Å². The number of aliphatic hydroxyl groups is 1. The summed E-state index contributed by atoms with van der Waals surface area (Å²) >= 11 is 1.34. The van der Waals surface area contributed by atoms with Crippen LogP contribution in [0.3, 0.4) is 0 Å². The monoisotopic (exact) mass is 437 g/mol. The molecule has 31 heavy (non-hydrogen) atoms. The number of anilines is 1. The predicted molar refractivity (Wildman–Crippen MR) is 113 cm³/mol. The molecule has 1 fully saturated rings. The van der Waals surface area contributed by atoms with Crippen molar-refractivity contribution in [1.29, 1.82) is 0 Å². The third-order valence-electron chi connectivity index (χ3n) is 5.16. The van der Waals surface area contributed by atoms with Gasteiger partial charge in [0.05, 0.1) is 5.57 Å². The number of carbonyl (C=O) groups is 2. The summed E-state index contributed by atoms with van der Waals surface area (Å²) < 4.78 is 25.0. The first-order chi connectivity index (χ1) is 15.0. The minimum atomic E-state index is -0.880. The summed E-state index contributed by atoms with van der Waals surface area (Å²) in [4.78, 5) is 27.9. The lowest BCUT2D eigenvalue weighted by Gasteiger charge is -2.24. The van der Waals surface area contributed by atoms with Gasteiger partial charge in [-0.05, 0) is 47.8 Å². The van der Waals surface area contributed by atoms with Gasteiger partial charge in [-0.15, -0.1) is 11.3 Å². The molecular formula is C23H16FNO5S. The van der Waals surface area contributed by atoms with Gasteiger partial charge in [0, 0.05) is 16.1 Å². The van der Waals surface area contributed by atoms with Crippen LogP contribution in [-0.4, -0.2) is 30.0 Å². The van der Waals surface area contributed by atoms with Gasteiger partial charge in [0.2, 0.25) is 0 Å². The van der Waals surface area contributed by atoms with Gasteiger partial charge >= 0.3 is 0 Å². The summed E-state index contributed by atoms with van der Waals surface area (Å²) in [6.45, 7) is 0.797. The Morgan fingerprint density at radius 1 is 1.03 bits per heavy atom. The zero-order chi connectivity index (χ0) is 21.5. The Labute approximate surface area is 180 Å². The maximum Gasteiger partial charge on any atom is 0.300 e. The van der Waals surface area contributed by atoms with Crippen LogP contribution < -0.4 is 14.4 Å². The van der Waals surface area contributed by atoms with Crippen molar-refractivity contribution in [2.45, 2.75) is 6.04 Å². The number of halogens is 1. The van der Waals surface area contributed by atoms with Crippen LogP contribution in [0.25, 0.3) is 5.76 Å². The molecule has 6 nitrogen and oxygen atoms in total. The van der Waals surface area contributed by atoms with Gasteiger partial charge in [0.25, 0.3) is 11.7 Å². The summed E-state index contributed by atoms with van der Waals surface area (Å²) in [5.41, 5.74) is 0.498. The molecule has 3 aromatic rings. The molecule has 0 spiro atoms. The van der Waals surface area contributed by atoms with E-state index in [0.29, 0.717) is 35.2 Å². The minimum Gasteiger partial charge on any atom is -0.507 e. The fraction of sp³-hybridized carbons (Fsp3) is 0.130. The normalized spacial score (nSPS) is 19.6. The highest BCUT2D eigenvalue weighted by molar-refractivity contribution is 7.10. The third kappa shape index (κ3) is 3.25. The second-order valence-electron chi connectivity index (χ2n) is 7.02. The molecule has 2 aliphatic rings. The SMILES string of the molecule is O=C1C(=O)N(c2cccc(F)c2)C(c2cccs2)/C1=C(/O)c1ccc2c(c1)OCCO2. The average Bonchev–Trinajstić information content (AvgIpc) is 3.40. The highest BCUT2D eigenvalue weighted by Crippen LogP contribution is 2.44. The molecule has 0 saturated carbocycles. The van der Waals surface area contributed by atoms with Crippen molar-refractivity contribution < 1.29 is 28.6 Å². The van der Waals surface area contributed by atoms with E-state index in [9.17, 15) is 19.1 Å². The lowest BCUT2D eigenvalue weighted by atomic mass is 9.99. The van der Waals surface area contributed by atoms with Crippen LogP contribution in [0, 0.1) is 5.82 Å². The number of fused-ring (bicyclic) bond motifs is 1. The van der Waals surface area contributed by atoms with Crippen LogP contribution in [0.15, 0.2) is 65.6 Å². The van der Waals surface area contributed by atoms with E-state index in [1.54, 1.807) is 36.4 Å². The van der Waals surface area contributed by atoms with Gasteiger partial charge in [-0.25, -0.2) is 4.39 Å². The van der Waals surface area contributed by atoms with Crippen LogP contribution in [0.5, 0.6) is 11.5 Å². The number of rotatable bonds is 3. The second-order valence-corrected chi connectivity index (χ2v) is 8.00. The molecular weight excluding hydrogens is 421 g/mol. The van der Waals surface area contributed by atoms with Crippen molar-refractivity contribution in [3.05, 3.63) is 81.8 Å². The summed E-state index contributed by atoms with van der Waals surface area (Å²) in [6.07, 6.45) is 0. The standard InChI is InChI=1S/C23H16FNO5S/c24-14-3-1-4-15(12-14)25-20(18-5-2-10-31-18)19(22(27)23(25)28)21(26)13-6-7-16-17(11-13)30-9-8-29-16/h1-7,10-12,20,26H,8-9H2/b21-19-. The molecule has 0 radical (unpaired) electrons. The number of hydrogen-bond donors (Lipinski definition) is 1. The fourth-order valence-corrected chi connectivity index (χ4v) is 4.61. The van der Waals surface area contributed by atoms with Gasteiger partial charge in [0.15, 0.2) is 11.5 Å². The number of benzene rings is 2. The van der Waals surface area contributed by atoms with E-state index in [4.69, 9.17) is 9.47 Å². The van der Waals surface area contributed by atoms with Crippen LogP contribution >= 0.6 is 11.3 Å². The molecule has 8 heteroatoms. The molecule has 0 aliphatic carbocycles. The van der Waals surface area contributed by atoms with Gasteiger partial charge < -0.3 is 14.6 Å². The quantitative estimate of drug-likeness (QED) is 0.376. The number of aliphatic hydroxyl groups excluding tert-OH is 1. The summed E-state index contributed by atoms with van der Waals surface area (Å²) in [7, 11) is 0. The first kappa shape index (κ1) is 19.3. The lowest BCUT2D eigenvalue weighted by Crippen LogP contribution is -2.29. The first-order valence-electron chi connectivity index (χ1n) is 9.54. The van der Waals surface area contributed by atoms with Crippen molar-refractivity contribution in [3.8, 4) is 11.5 Å². The van der Waals surface area contributed by atoms with Gasteiger partial charge in [-0.1, -0.05) is 12.1 Å². The fourth-order valence-electron chi connectivity index (χ4n) is 3.79. The highest BCUT2D eigenvalue weighted by atomic mass is 32.1. The maximum absolute atomic E-state index is 13.9. The van der Waals surface area contributed by atoms with Crippen LogP contribution in [0.1, 0.15) is 16.5 Å². The maximum atomic E-state index is 13.9. The van der Waals surface area contributed by atoms with Gasteiger partial charge in [0.1, 0.15) is 30.8 Å². The Kier molecular flexibility index (Phi) is 4.71. The molecule has 1 N–H and O–H groups in total. The van der Waals surface area contributed by atoms with Crippen molar-refractivity contribution in [2.24, 2.45) is 0 Å². The number of hydrogen-bond acceptors (Lipinski definition) is 6. The molecule has 1 saturated heterocycles.